The van der Waals surface area contributed by atoms with Gasteiger partial charge in [0.05, 0.1) is 6.10 Å². The van der Waals surface area contributed by atoms with Crippen LogP contribution in [0.3, 0.4) is 0 Å². The normalized spacial score (nSPS) is 57.4. The Labute approximate surface area is 136 Å². The van der Waals surface area contributed by atoms with Crippen LogP contribution in [0, 0.1) is 52.8 Å². The summed E-state index contributed by atoms with van der Waals surface area (Å²) in [6.07, 6.45) is 17.3. The molecule has 4 rings (SSSR count). The third-order valence-electron chi connectivity index (χ3n) is 8.84. The van der Waals surface area contributed by atoms with Gasteiger partial charge < -0.3 is 5.11 Å². The largest absolute Gasteiger partial charge is 0.393 e. The molecule has 0 aromatic rings. The molecule has 4 aliphatic rings. The second-order valence-electron chi connectivity index (χ2n) is 9.43. The maximum absolute atomic E-state index is 10.1. The van der Waals surface area contributed by atoms with E-state index >= 15 is 0 Å². The Morgan fingerprint density at radius 2 is 1.64 bits per heavy atom. The molecule has 0 saturated heterocycles. The Bertz CT molecular complexity index is 491. The minimum atomic E-state index is -0.0271. The maximum Gasteiger partial charge on any atom is 0.0543 e. The smallest absolute Gasteiger partial charge is 0.0543 e. The zero-order valence-corrected chi connectivity index (χ0v) is 14.4. The minimum Gasteiger partial charge on any atom is -0.393 e. The average molecular weight is 300 g/mol. The molecule has 8 atom stereocenters. The SMILES string of the molecule is C#CC1CC[C@H]2[C@@H]3CCC4CC(O)CC[C@]4(C)[C@@H]3CC[C@]12C. The fourth-order valence-electron chi connectivity index (χ4n) is 7.51. The van der Waals surface area contributed by atoms with Crippen LogP contribution in [-0.2, 0) is 0 Å². The first-order valence-electron chi connectivity index (χ1n) is 9.63. The number of aliphatic hydroxyl groups is 1. The molecule has 4 saturated carbocycles. The molecule has 0 bridgehead atoms. The molecule has 1 nitrogen and oxygen atoms in total. The van der Waals surface area contributed by atoms with Gasteiger partial charge in [0, 0.05) is 5.92 Å². The van der Waals surface area contributed by atoms with E-state index in [0.29, 0.717) is 16.7 Å². The first kappa shape index (κ1) is 15.1. The molecule has 1 heteroatoms. The quantitative estimate of drug-likeness (QED) is 0.646. The Balaban J connectivity index is 1.62. The number of hydrogen-bond acceptors (Lipinski definition) is 1. The van der Waals surface area contributed by atoms with Crippen LogP contribution in [0.1, 0.15) is 71.6 Å². The van der Waals surface area contributed by atoms with Crippen LogP contribution < -0.4 is 0 Å². The van der Waals surface area contributed by atoms with Gasteiger partial charge in [-0.25, -0.2) is 0 Å². The first-order chi connectivity index (χ1) is 10.5. The Hall–Kier alpha value is -0.480. The average Bonchev–Trinajstić information content (AvgIpc) is 2.84. The highest BCUT2D eigenvalue weighted by molar-refractivity contribution is 5.14. The van der Waals surface area contributed by atoms with Crippen molar-refractivity contribution < 1.29 is 5.11 Å². The van der Waals surface area contributed by atoms with Gasteiger partial charge in [0.2, 0.25) is 0 Å². The highest BCUT2D eigenvalue weighted by atomic mass is 16.3. The predicted molar refractivity (Wildman–Crippen MR) is 90.1 cm³/mol. The molecule has 3 unspecified atom stereocenters. The molecule has 22 heavy (non-hydrogen) atoms. The number of fused-ring (bicyclic) bond motifs is 5. The van der Waals surface area contributed by atoms with E-state index in [1.54, 1.807) is 0 Å². The molecule has 4 fully saturated rings. The molecule has 0 spiro atoms. The van der Waals surface area contributed by atoms with E-state index in [1.807, 2.05) is 0 Å². The highest BCUT2D eigenvalue weighted by Gasteiger charge is 2.59. The van der Waals surface area contributed by atoms with Gasteiger partial charge in [-0.2, -0.15) is 0 Å². The van der Waals surface area contributed by atoms with Crippen molar-refractivity contribution >= 4 is 0 Å². The molecule has 0 aliphatic heterocycles. The van der Waals surface area contributed by atoms with Gasteiger partial charge in [0.1, 0.15) is 0 Å². The summed E-state index contributed by atoms with van der Waals surface area (Å²) in [5.41, 5.74) is 0.922. The lowest BCUT2D eigenvalue weighted by Crippen LogP contribution is -2.53. The molecule has 0 radical (unpaired) electrons. The molecular formula is C21H32O. The van der Waals surface area contributed by atoms with Crippen molar-refractivity contribution in [2.45, 2.75) is 77.7 Å². The number of hydrogen-bond donors (Lipinski definition) is 1. The monoisotopic (exact) mass is 300 g/mol. The van der Waals surface area contributed by atoms with E-state index in [0.717, 1.165) is 36.5 Å². The summed E-state index contributed by atoms with van der Waals surface area (Å²) >= 11 is 0. The van der Waals surface area contributed by atoms with Gasteiger partial charge >= 0.3 is 0 Å². The van der Waals surface area contributed by atoms with Gasteiger partial charge in [-0.05, 0) is 92.3 Å². The van der Waals surface area contributed by atoms with Gasteiger partial charge in [-0.3, -0.25) is 0 Å². The molecule has 0 aromatic heterocycles. The van der Waals surface area contributed by atoms with Crippen LogP contribution in [0.4, 0.5) is 0 Å². The highest BCUT2D eigenvalue weighted by Crippen LogP contribution is 2.67. The van der Waals surface area contributed by atoms with E-state index in [9.17, 15) is 5.11 Å². The lowest BCUT2D eigenvalue weighted by molar-refractivity contribution is -0.124. The summed E-state index contributed by atoms with van der Waals surface area (Å²) in [6.45, 7) is 5.07. The second-order valence-corrected chi connectivity index (χ2v) is 9.43. The molecule has 4 aliphatic carbocycles. The van der Waals surface area contributed by atoms with E-state index in [2.05, 4.69) is 19.8 Å². The van der Waals surface area contributed by atoms with Gasteiger partial charge in [0.25, 0.3) is 0 Å². The van der Waals surface area contributed by atoms with E-state index in [4.69, 9.17) is 6.42 Å². The third-order valence-corrected chi connectivity index (χ3v) is 8.84. The van der Waals surface area contributed by atoms with Crippen molar-refractivity contribution in [3.05, 3.63) is 0 Å². The van der Waals surface area contributed by atoms with Crippen LogP contribution in [0.25, 0.3) is 0 Å². The Morgan fingerprint density at radius 3 is 2.41 bits per heavy atom. The van der Waals surface area contributed by atoms with Crippen LogP contribution in [0.5, 0.6) is 0 Å². The lowest BCUT2D eigenvalue weighted by atomic mass is 9.44. The molecule has 1 N–H and O–H groups in total. The summed E-state index contributed by atoms with van der Waals surface area (Å²) in [6, 6.07) is 0. The third kappa shape index (κ3) is 1.89. The fourth-order valence-corrected chi connectivity index (χ4v) is 7.51. The summed E-state index contributed by atoms with van der Waals surface area (Å²) in [7, 11) is 0. The number of terminal acetylenes is 1. The molecule has 0 amide bonds. The van der Waals surface area contributed by atoms with E-state index in [-0.39, 0.29) is 6.10 Å². The molecule has 0 heterocycles. The van der Waals surface area contributed by atoms with Crippen LogP contribution in [0.15, 0.2) is 0 Å². The topological polar surface area (TPSA) is 20.2 Å². The summed E-state index contributed by atoms with van der Waals surface area (Å²) in [5.74, 6) is 7.11. The van der Waals surface area contributed by atoms with Crippen molar-refractivity contribution in [3.8, 4) is 12.3 Å². The second kappa shape index (κ2) is 5.01. The molecular weight excluding hydrogens is 268 g/mol. The van der Waals surface area contributed by atoms with Crippen molar-refractivity contribution in [1.29, 1.82) is 0 Å². The van der Waals surface area contributed by atoms with Crippen LogP contribution >= 0.6 is 0 Å². The van der Waals surface area contributed by atoms with E-state index in [1.165, 1.54) is 44.9 Å². The maximum atomic E-state index is 10.1. The lowest BCUT2D eigenvalue weighted by Gasteiger charge is -2.60. The predicted octanol–water partition coefficient (Wildman–Crippen LogP) is 4.64. The minimum absolute atomic E-state index is 0.0271. The van der Waals surface area contributed by atoms with Crippen LogP contribution in [0.2, 0.25) is 0 Å². The first-order valence-corrected chi connectivity index (χ1v) is 9.63. The fraction of sp³-hybridized carbons (Fsp3) is 0.905. The summed E-state index contributed by atoms with van der Waals surface area (Å²) in [4.78, 5) is 0. The van der Waals surface area contributed by atoms with Gasteiger partial charge in [-0.15, -0.1) is 12.3 Å². The Kier molecular flexibility index (Phi) is 3.43. The van der Waals surface area contributed by atoms with Gasteiger partial charge in [-0.1, -0.05) is 13.8 Å². The van der Waals surface area contributed by atoms with E-state index < -0.39 is 0 Å². The van der Waals surface area contributed by atoms with Crippen molar-refractivity contribution in [1.82, 2.24) is 0 Å². The number of rotatable bonds is 0. The van der Waals surface area contributed by atoms with Crippen molar-refractivity contribution in [2.24, 2.45) is 40.4 Å². The summed E-state index contributed by atoms with van der Waals surface area (Å²) < 4.78 is 0. The summed E-state index contributed by atoms with van der Waals surface area (Å²) in [5, 5.41) is 10.1. The number of aliphatic hydroxyl groups excluding tert-OH is 1. The zero-order chi connectivity index (χ0) is 15.5. The zero-order valence-electron chi connectivity index (χ0n) is 14.4. The molecule has 122 valence electrons. The van der Waals surface area contributed by atoms with Crippen molar-refractivity contribution in [3.63, 3.8) is 0 Å². The van der Waals surface area contributed by atoms with Crippen LogP contribution in [-0.4, -0.2) is 11.2 Å². The molecule has 0 aromatic carbocycles. The van der Waals surface area contributed by atoms with Gasteiger partial charge in [0.15, 0.2) is 0 Å². The van der Waals surface area contributed by atoms with Crippen molar-refractivity contribution in [2.75, 3.05) is 0 Å². The Morgan fingerprint density at radius 1 is 0.909 bits per heavy atom. The standard InChI is InChI=1S/C21H32O/c1-4-14-6-8-18-17-7-5-15-13-16(22)9-11-21(15,3)19(17)10-12-20(14,18)2/h1,14-19,22H,5-13H2,2-3H3/t14?,15?,16?,17-,18-,19+,20+,21-/m0/s1.